The van der Waals surface area contributed by atoms with Crippen molar-refractivity contribution in [2.45, 2.75) is 33.1 Å². The number of aryl methyl sites for hydroxylation is 1. The van der Waals surface area contributed by atoms with Crippen LogP contribution in [0.3, 0.4) is 0 Å². The fourth-order valence-electron chi connectivity index (χ4n) is 1.86. The molecule has 0 aliphatic rings. The van der Waals surface area contributed by atoms with Crippen molar-refractivity contribution < 1.29 is 9.90 Å². The number of benzene rings is 1. The molecule has 1 aromatic heterocycles. The maximum Gasteiger partial charge on any atom is 0.354 e. The molecule has 2 rings (SSSR count). The molecule has 0 saturated heterocycles. The average Bonchev–Trinajstić information content (AvgIpc) is 2.73. The maximum absolute atomic E-state index is 11.4. The Morgan fingerprint density at radius 1 is 1.26 bits per heavy atom. The largest absolute Gasteiger partial charge is 0.477 e. The number of carboxylic acid groups (broad SMARTS) is 1. The predicted octanol–water partition coefficient (Wildman–Crippen LogP) is 3.18. The highest BCUT2D eigenvalue weighted by molar-refractivity contribution is 5.86. The Hall–Kier alpha value is -2.10. The van der Waals surface area contributed by atoms with Crippen LogP contribution in [-0.2, 0) is 5.41 Å². The van der Waals surface area contributed by atoms with E-state index < -0.39 is 5.97 Å². The molecule has 1 aromatic carbocycles. The predicted molar refractivity (Wildman–Crippen MR) is 74.0 cm³/mol. The first-order valence-electron chi connectivity index (χ1n) is 6.20. The van der Waals surface area contributed by atoms with E-state index in [0.29, 0.717) is 0 Å². The molecule has 0 fully saturated rings. The van der Waals surface area contributed by atoms with Crippen molar-refractivity contribution in [1.82, 2.24) is 9.78 Å². The molecule has 0 amide bonds. The number of hydrogen-bond donors (Lipinski definition) is 1. The number of nitrogens with zero attached hydrogens (tertiary/aromatic N) is 2. The van der Waals surface area contributed by atoms with Crippen LogP contribution < -0.4 is 0 Å². The van der Waals surface area contributed by atoms with E-state index in [-0.39, 0.29) is 11.1 Å². The van der Waals surface area contributed by atoms with Gasteiger partial charge in [0.15, 0.2) is 5.69 Å². The number of aromatic carboxylic acids is 1. The fraction of sp³-hybridized carbons (Fsp3) is 0.333. The summed E-state index contributed by atoms with van der Waals surface area (Å²) < 4.78 is 1.50. The first-order chi connectivity index (χ1) is 8.79. The van der Waals surface area contributed by atoms with Gasteiger partial charge < -0.3 is 5.11 Å². The van der Waals surface area contributed by atoms with Gasteiger partial charge in [0.2, 0.25) is 0 Å². The SMILES string of the molecule is Cc1cccc(-n2nc(C(C)(C)C)cc2C(=O)O)c1. The van der Waals surface area contributed by atoms with Crippen LogP contribution >= 0.6 is 0 Å². The molecule has 0 radical (unpaired) electrons. The number of carboxylic acids is 1. The topological polar surface area (TPSA) is 55.1 Å². The van der Waals surface area contributed by atoms with Gasteiger partial charge in [0.05, 0.1) is 11.4 Å². The lowest BCUT2D eigenvalue weighted by atomic mass is 9.92. The Kier molecular flexibility index (Phi) is 3.18. The van der Waals surface area contributed by atoms with Crippen LogP contribution in [0.2, 0.25) is 0 Å². The molecule has 1 heterocycles. The molecule has 0 aliphatic heterocycles. The Morgan fingerprint density at radius 2 is 1.95 bits per heavy atom. The van der Waals surface area contributed by atoms with Gasteiger partial charge in [-0.05, 0) is 30.7 Å². The summed E-state index contributed by atoms with van der Waals surface area (Å²) in [5.74, 6) is -0.968. The molecule has 4 nitrogen and oxygen atoms in total. The van der Waals surface area contributed by atoms with Crippen molar-refractivity contribution in [2.75, 3.05) is 0 Å². The first-order valence-corrected chi connectivity index (χ1v) is 6.20. The second-order valence-electron chi connectivity index (χ2n) is 5.72. The van der Waals surface area contributed by atoms with Gasteiger partial charge >= 0.3 is 5.97 Å². The average molecular weight is 258 g/mol. The molecule has 0 atom stereocenters. The molecule has 4 heteroatoms. The molecule has 19 heavy (non-hydrogen) atoms. The summed E-state index contributed by atoms with van der Waals surface area (Å²) in [6.07, 6.45) is 0. The lowest BCUT2D eigenvalue weighted by Crippen LogP contribution is -2.12. The molecule has 0 bridgehead atoms. The van der Waals surface area contributed by atoms with E-state index in [2.05, 4.69) is 5.10 Å². The molecule has 0 aliphatic carbocycles. The minimum atomic E-state index is -0.968. The molecule has 1 N–H and O–H groups in total. The second-order valence-corrected chi connectivity index (χ2v) is 5.72. The van der Waals surface area contributed by atoms with Gasteiger partial charge in [-0.1, -0.05) is 32.9 Å². The lowest BCUT2D eigenvalue weighted by molar-refractivity contribution is 0.0687. The zero-order chi connectivity index (χ0) is 14.2. The number of rotatable bonds is 2. The van der Waals surface area contributed by atoms with Crippen LogP contribution in [0.4, 0.5) is 0 Å². The summed E-state index contributed by atoms with van der Waals surface area (Å²) in [5, 5.41) is 13.8. The van der Waals surface area contributed by atoms with E-state index in [9.17, 15) is 9.90 Å². The minimum absolute atomic E-state index is 0.181. The molecule has 2 aromatic rings. The van der Waals surface area contributed by atoms with Crippen LogP contribution in [0.1, 0.15) is 42.5 Å². The van der Waals surface area contributed by atoms with Gasteiger partial charge in [0, 0.05) is 5.41 Å². The second kappa shape index (κ2) is 4.53. The summed E-state index contributed by atoms with van der Waals surface area (Å²) >= 11 is 0. The van der Waals surface area contributed by atoms with Crippen molar-refractivity contribution in [1.29, 1.82) is 0 Å². The van der Waals surface area contributed by atoms with Crippen LogP contribution in [0, 0.1) is 6.92 Å². The van der Waals surface area contributed by atoms with E-state index in [1.54, 1.807) is 6.07 Å². The molecule has 0 unspecified atom stereocenters. The molecular formula is C15H18N2O2. The third-order valence-corrected chi connectivity index (χ3v) is 2.94. The normalized spacial score (nSPS) is 11.6. The van der Waals surface area contributed by atoms with E-state index in [4.69, 9.17) is 0 Å². The van der Waals surface area contributed by atoms with Gasteiger partial charge in [0.25, 0.3) is 0 Å². The standard InChI is InChI=1S/C15H18N2O2/c1-10-6-5-7-11(8-10)17-12(14(18)19)9-13(16-17)15(2,3)4/h5-9H,1-4H3,(H,18,19). The van der Waals surface area contributed by atoms with E-state index in [1.165, 1.54) is 4.68 Å². The van der Waals surface area contributed by atoms with Gasteiger partial charge in [-0.25, -0.2) is 9.48 Å². The fourth-order valence-corrected chi connectivity index (χ4v) is 1.86. The Bertz CT molecular complexity index is 621. The zero-order valence-electron chi connectivity index (χ0n) is 11.6. The maximum atomic E-state index is 11.4. The Labute approximate surface area is 112 Å². The van der Waals surface area contributed by atoms with Crippen molar-refractivity contribution in [3.05, 3.63) is 47.3 Å². The van der Waals surface area contributed by atoms with Crippen LogP contribution in [0.15, 0.2) is 30.3 Å². The van der Waals surface area contributed by atoms with Crippen molar-refractivity contribution in [2.24, 2.45) is 0 Å². The third kappa shape index (κ3) is 2.67. The highest BCUT2D eigenvalue weighted by Gasteiger charge is 2.23. The summed E-state index contributed by atoms with van der Waals surface area (Å²) in [7, 11) is 0. The van der Waals surface area contributed by atoms with Crippen LogP contribution in [0.25, 0.3) is 5.69 Å². The van der Waals surface area contributed by atoms with Gasteiger partial charge in [-0.3, -0.25) is 0 Å². The summed E-state index contributed by atoms with van der Waals surface area (Å²) in [6.45, 7) is 8.02. The van der Waals surface area contributed by atoms with Crippen molar-refractivity contribution in [3.8, 4) is 5.69 Å². The quantitative estimate of drug-likeness (QED) is 0.900. The Balaban J connectivity index is 2.62. The zero-order valence-corrected chi connectivity index (χ0v) is 11.6. The smallest absolute Gasteiger partial charge is 0.354 e. The number of carbonyl (C=O) groups is 1. The summed E-state index contributed by atoms with van der Waals surface area (Å²) in [6, 6.07) is 9.29. The highest BCUT2D eigenvalue weighted by Crippen LogP contribution is 2.24. The van der Waals surface area contributed by atoms with E-state index >= 15 is 0 Å². The number of aromatic nitrogens is 2. The van der Waals surface area contributed by atoms with Gasteiger partial charge in [-0.15, -0.1) is 0 Å². The van der Waals surface area contributed by atoms with E-state index in [0.717, 1.165) is 16.9 Å². The van der Waals surface area contributed by atoms with Crippen molar-refractivity contribution >= 4 is 5.97 Å². The third-order valence-electron chi connectivity index (χ3n) is 2.94. The van der Waals surface area contributed by atoms with Gasteiger partial charge in [-0.2, -0.15) is 5.10 Å². The first kappa shape index (κ1) is 13.3. The van der Waals surface area contributed by atoms with Crippen LogP contribution in [0.5, 0.6) is 0 Å². The minimum Gasteiger partial charge on any atom is -0.477 e. The monoisotopic (exact) mass is 258 g/mol. The van der Waals surface area contributed by atoms with Crippen LogP contribution in [-0.4, -0.2) is 20.9 Å². The summed E-state index contributed by atoms with van der Waals surface area (Å²) in [5.41, 5.74) is 2.62. The Morgan fingerprint density at radius 3 is 2.47 bits per heavy atom. The van der Waals surface area contributed by atoms with Crippen molar-refractivity contribution in [3.63, 3.8) is 0 Å². The van der Waals surface area contributed by atoms with Gasteiger partial charge in [0.1, 0.15) is 0 Å². The summed E-state index contributed by atoms with van der Waals surface area (Å²) in [4.78, 5) is 11.4. The molecule has 0 saturated carbocycles. The van der Waals surface area contributed by atoms with E-state index in [1.807, 2.05) is 52.0 Å². The lowest BCUT2D eigenvalue weighted by Gasteiger charge is -2.14. The molecular weight excluding hydrogens is 240 g/mol. The highest BCUT2D eigenvalue weighted by atomic mass is 16.4. The number of hydrogen-bond acceptors (Lipinski definition) is 2. The molecule has 100 valence electrons. The molecule has 0 spiro atoms.